The molecule has 0 aliphatic carbocycles. The number of amides is 2. The molecule has 8 heteroatoms. The van der Waals surface area contributed by atoms with Crippen molar-refractivity contribution in [3.05, 3.63) is 30.3 Å². The minimum atomic E-state index is -3.38. The zero-order valence-corrected chi connectivity index (χ0v) is 16.6. The standard InChI is InChI=1S/C19H27N3O4S/c1-14(2)8-9-22-13-19-12-21(18(23)20-15-6-4-3-5-7-15)11-16(26-19)10-17(19)27(22,24)25/h3-7,14,16-17H,8-13H2,1-2H3,(H,20,23)/t16-,17+,19+/m1/s1. The number of nitrogens with one attached hydrogen (secondary N) is 1. The van der Waals surface area contributed by atoms with Gasteiger partial charge >= 0.3 is 6.03 Å². The van der Waals surface area contributed by atoms with Crippen molar-refractivity contribution in [1.29, 1.82) is 0 Å². The first kappa shape index (κ1) is 18.7. The molecule has 3 heterocycles. The number of hydrogen-bond donors (Lipinski definition) is 1. The number of fused-ring (bicyclic) bond motifs is 1. The average Bonchev–Trinajstić information content (AvgIpc) is 2.99. The van der Waals surface area contributed by atoms with Crippen molar-refractivity contribution in [3.8, 4) is 0 Å². The second kappa shape index (κ2) is 6.76. The number of para-hydroxylation sites is 1. The normalized spacial score (nSPS) is 31.9. The minimum Gasteiger partial charge on any atom is -0.365 e. The number of rotatable bonds is 4. The number of likely N-dealkylation sites (tertiary alicyclic amines) is 1. The lowest BCUT2D eigenvalue weighted by molar-refractivity contribution is -0.0944. The predicted octanol–water partition coefficient (Wildman–Crippen LogP) is 2.12. The lowest BCUT2D eigenvalue weighted by Gasteiger charge is -2.39. The van der Waals surface area contributed by atoms with Gasteiger partial charge in [-0.2, -0.15) is 4.31 Å². The van der Waals surface area contributed by atoms with Crippen LogP contribution < -0.4 is 5.32 Å². The Hall–Kier alpha value is -1.64. The Bertz CT molecular complexity index is 814. The number of anilines is 1. The monoisotopic (exact) mass is 393 g/mol. The number of carbonyl (C=O) groups excluding carboxylic acids is 1. The molecule has 0 radical (unpaired) electrons. The zero-order valence-electron chi connectivity index (χ0n) is 15.8. The lowest BCUT2D eigenvalue weighted by atomic mass is 9.99. The third kappa shape index (κ3) is 3.34. The van der Waals surface area contributed by atoms with Gasteiger partial charge in [-0.05, 0) is 30.9 Å². The van der Waals surface area contributed by atoms with E-state index >= 15 is 0 Å². The minimum absolute atomic E-state index is 0.201. The van der Waals surface area contributed by atoms with Crippen LogP contribution in [-0.4, -0.2) is 66.8 Å². The van der Waals surface area contributed by atoms with Crippen LogP contribution in [0.15, 0.2) is 30.3 Å². The van der Waals surface area contributed by atoms with Crippen molar-refractivity contribution < 1.29 is 17.9 Å². The summed E-state index contributed by atoms with van der Waals surface area (Å²) >= 11 is 0. The summed E-state index contributed by atoms with van der Waals surface area (Å²) in [6.45, 7) is 5.78. The molecular weight excluding hydrogens is 366 g/mol. The number of nitrogens with zero attached hydrogens (tertiary/aromatic N) is 2. The zero-order chi connectivity index (χ0) is 19.2. The first-order chi connectivity index (χ1) is 12.8. The molecule has 7 nitrogen and oxygen atoms in total. The molecule has 27 heavy (non-hydrogen) atoms. The molecule has 3 atom stereocenters. The van der Waals surface area contributed by atoms with E-state index in [-0.39, 0.29) is 12.1 Å². The molecule has 3 aliphatic rings. The summed E-state index contributed by atoms with van der Waals surface area (Å²) in [6, 6.07) is 9.09. The second-order valence-electron chi connectivity index (χ2n) is 8.27. The van der Waals surface area contributed by atoms with Gasteiger partial charge in [-0.1, -0.05) is 32.0 Å². The Morgan fingerprint density at radius 1 is 1.30 bits per heavy atom. The van der Waals surface area contributed by atoms with E-state index in [1.54, 1.807) is 9.21 Å². The first-order valence-electron chi connectivity index (χ1n) is 9.58. The molecular formula is C19H27N3O4S. The van der Waals surface area contributed by atoms with Crippen molar-refractivity contribution in [2.75, 3.05) is 31.5 Å². The average molecular weight is 394 g/mol. The van der Waals surface area contributed by atoms with E-state index in [1.807, 2.05) is 30.3 Å². The summed E-state index contributed by atoms with van der Waals surface area (Å²) in [5, 5.41) is 2.35. The lowest BCUT2D eigenvalue weighted by Crippen LogP contribution is -2.57. The van der Waals surface area contributed by atoms with Crippen molar-refractivity contribution in [1.82, 2.24) is 9.21 Å². The predicted molar refractivity (Wildman–Crippen MR) is 103 cm³/mol. The Morgan fingerprint density at radius 2 is 2.04 bits per heavy atom. The van der Waals surface area contributed by atoms with Crippen LogP contribution in [0.2, 0.25) is 0 Å². The highest BCUT2D eigenvalue weighted by Crippen LogP contribution is 2.46. The fraction of sp³-hybridized carbons (Fsp3) is 0.632. The van der Waals surface area contributed by atoms with Gasteiger partial charge in [-0.3, -0.25) is 0 Å². The molecule has 3 saturated heterocycles. The van der Waals surface area contributed by atoms with Gasteiger partial charge in [0.15, 0.2) is 0 Å². The molecule has 3 fully saturated rings. The fourth-order valence-corrected chi connectivity index (χ4v) is 6.76. The van der Waals surface area contributed by atoms with Crippen LogP contribution in [0.25, 0.3) is 0 Å². The Morgan fingerprint density at radius 3 is 2.74 bits per heavy atom. The summed E-state index contributed by atoms with van der Waals surface area (Å²) in [7, 11) is -3.38. The van der Waals surface area contributed by atoms with E-state index in [9.17, 15) is 13.2 Å². The van der Waals surface area contributed by atoms with Gasteiger partial charge in [0.2, 0.25) is 10.0 Å². The Balaban J connectivity index is 1.50. The van der Waals surface area contributed by atoms with Gasteiger partial charge in [0, 0.05) is 25.3 Å². The maximum atomic E-state index is 13.0. The van der Waals surface area contributed by atoms with Crippen molar-refractivity contribution >= 4 is 21.7 Å². The molecule has 148 valence electrons. The highest BCUT2D eigenvalue weighted by molar-refractivity contribution is 7.90. The molecule has 1 aromatic carbocycles. The number of morpholine rings is 1. The van der Waals surface area contributed by atoms with Crippen LogP contribution in [0.4, 0.5) is 10.5 Å². The first-order valence-corrected chi connectivity index (χ1v) is 11.1. The van der Waals surface area contributed by atoms with Crippen LogP contribution in [0.5, 0.6) is 0 Å². The van der Waals surface area contributed by atoms with Gasteiger partial charge < -0.3 is 15.0 Å². The van der Waals surface area contributed by atoms with E-state index in [2.05, 4.69) is 19.2 Å². The highest BCUT2D eigenvalue weighted by Gasteiger charge is 2.65. The third-order valence-corrected chi connectivity index (χ3v) is 8.15. The Kier molecular flexibility index (Phi) is 4.68. The molecule has 0 unspecified atom stereocenters. The number of sulfonamides is 1. The number of carbonyl (C=O) groups is 1. The summed E-state index contributed by atoms with van der Waals surface area (Å²) < 4.78 is 33.8. The van der Waals surface area contributed by atoms with E-state index in [0.717, 1.165) is 12.1 Å². The van der Waals surface area contributed by atoms with Crippen LogP contribution in [0, 0.1) is 5.92 Å². The summed E-state index contributed by atoms with van der Waals surface area (Å²) in [6.07, 6.45) is 1.08. The van der Waals surface area contributed by atoms with Crippen LogP contribution in [0.3, 0.4) is 0 Å². The smallest absolute Gasteiger partial charge is 0.322 e. The topological polar surface area (TPSA) is 79.0 Å². The number of benzene rings is 1. The third-order valence-electron chi connectivity index (χ3n) is 5.78. The maximum absolute atomic E-state index is 13.0. The summed E-state index contributed by atoms with van der Waals surface area (Å²) in [5.41, 5.74) is -0.0692. The molecule has 1 N–H and O–H groups in total. The highest BCUT2D eigenvalue weighted by atomic mass is 32.2. The Labute approximate surface area is 160 Å². The van der Waals surface area contributed by atoms with E-state index in [0.29, 0.717) is 38.5 Å². The van der Waals surface area contributed by atoms with Gasteiger partial charge in [0.25, 0.3) is 0 Å². The van der Waals surface area contributed by atoms with Gasteiger partial charge in [0.05, 0.1) is 12.6 Å². The largest absolute Gasteiger partial charge is 0.365 e. The van der Waals surface area contributed by atoms with E-state index in [1.165, 1.54) is 0 Å². The number of urea groups is 1. The van der Waals surface area contributed by atoms with Crippen molar-refractivity contribution in [3.63, 3.8) is 0 Å². The number of hydrogen-bond acceptors (Lipinski definition) is 4. The molecule has 1 aromatic rings. The molecule has 0 aromatic heterocycles. The molecule has 3 aliphatic heterocycles. The van der Waals surface area contributed by atoms with Gasteiger partial charge in [0.1, 0.15) is 10.9 Å². The fourth-order valence-electron chi connectivity index (χ4n) is 4.43. The maximum Gasteiger partial charge on any atom is 0.322 e. The summed E-state index contributed by atoms with van der Waals surface area (Å²) in [5.74, 6) is 0.436. The number of ether oxygens (including phenoxy) is 1. The van der Waals surface area contributed by atoms with Crippen molar-refractivity contribution in [2.45, 2.75) is 43.6 Å². The van der Waals surface area contributed by atoms with E-state index in [4.69, 9.17) is 4.74 Å². The van der Waals surface area contributed by atoms with Gasteiger partial charge in [-0.25, -0.2) is 13.2 Å². The van der Waals surface area contributed by atoms with Crippen LogP contribution in [-0.2, 0) is 14.8 Å². The van der Waals surface area contributed by atoms with E-state index < -0.39 is 20.9 Å². The second-order valence-corrected chi connectivity index (χ2v) is 10.4. The molecule has 2 amide bonds. The quantitative estimate of drug-likeness (QED) is 0.850. The van der Waals surface area contributed by atoms with Crippen LogP contribution in [0.1, 0.15) is 26.7 Å². The molecule has 4 rings (SSSR count). The van der Waals surface area contributed by atoms with Crippen molar-refractivity contribution in [2.24, 2.45) is 5.92 Å². The molecule has 1 spiro atoms. The molecule has 0 saturated carbocycles. The summed E-state index contributed by atoms with van der Waals surface area (Å²) in [4.78, 5) is 14.4. The SMILES string of the molecule is CC(C)CCN1C[C@@]23CN(C(=O)Nc4ccccc4)C[C@@H](C[C@@H]2S1(=O)=O)O3. The molecule has 2 bridgehead atoms. The van der Waals surface area contributed by atoms with Gasteiger partial charge in [-0.15, -0.1) is 0 Å². The van der Waals surface area contributed by atoms with Crippen LogP contribution >= 0.6 is 0 Å².